The molecule has 5 heteroatoms. The second-order valence-corrected chi connectivity index (χ2v) is 5.61. The summed E-state index contributed by atoms with van der Waals surface area (Å²) in [5, 5.41) is 4.70. The molecule has 2 aromatic carbocycles. The van der Waals surface area contributed by atoms with Crippen molar-refractivity contribution < 1.29 is 9.47 Å². The molecule has 1 atom stereocenters. The van der Waals surface area contributed by atoms with Crippen LogP contribution in [0.4, 0.5) is 5.69 Å². The molecular weight excluding hydrogens is 309 g/mol. The largest absolute Gasteiger partial charge is 0.492 e. The summed E-state index contributed by atoms with van der Waals surface area (Å²) in [5.74, 6) is 1.51. The van der Waals surface area contributed by atoms with E-state index in [-0.39, 0.29) is 6.04 Å². The number of fused-ring (bicyclic) bond motifs is 1. The Kier molecular flexibility index (Phi) is 4.13. The highest BCUT2D eigenvalue weighted by atomic mass is 35.5. The van der Waals surface area contributed by atoms with E-state index in [0.29, 0.717) is 29.0 Å². The molecule has 3 nitrogen and oxygen atoms in total. The Bertz CT molecular complexity index is 661. The van der Waals surface area contributed by atoms with Gasteiger partial charge in [0, 0.05) is 5.02 Å². The van der Waals surface area contributed by atoms with E-state index in [1.54, 1.807) is 0 Å². The van der Waals surface area contributed by atoms with Crippen molar-refractivity contribution in [3.63, 3.8) is 0 Å². The highest BCUT2D eigenvalue weighted by Crippen LogP contribution is 2.37. The number of hydrogen-bond acceptors (Lipinski definition) is 3. The van der Waals surface area contributed by atoms with E-state index in [0.717, 1.165) is 17.0 Å². The van der Waals surface area contributed by atoms with Gasteiger partial charge in [-0.05, 0) is 42.8 Å². The lowest BCUT2D eigenvalue weighted by Gasteiger charge is -2.28. The second kappa shape index (κ2) is 6.04. The quantitative estimate of drug-likeness (QED) is 0.868. The van der Waals surface area contributed by atoms with Gasteiger partial charge in [0.1, 0.15) is 18.1 Å². The maximum Gasteiger partial charge on any atom is 0.142 e. The second-order valence-electron chi connectivity index (χ2n) is 4.77. The van der Waals surface area contributed by atoms with Gasteiger partial charge < -0.3 is 14.8 Å². The molecule has 1 unspecified atom stereocenters. The summed E-state index contributed by atoms with van der Waals surface area (Å²) in [5.41, 5.74) is 1.94. The third kappa shape index (κ3) is 3.04. The van der Waals surface area contributed by atoms with E-state index in [9.17, 15) is 0 Å². The Labute approximate surface area is 133 Å². The Balaban J connectivity index is 1.84. The summed E-state index contributed by atoms with van der Waals surface area (Å²) in [6.45, 7) is 3.07. The van der Waals surface area contributed by atoms with Crippen LogP contribution in [0.3, 0.4) is 0 Å². The molecule has 0 radical (unpaired) electrons. The molecule has 0 spiro atoms. The molecule has 0 amide bonds. The van der Waals surface area contributed by atoms with Crippen molar-refractivity contribution in [1.82, 2.24) is 0 Å². The van der Waals surface area contributed by atoms with Gasteiger partial charge in [-0.3, -0.25) is 0 Å². The Morgan fingerprint density at radius 2 is 2.10 bits per heavy atom. The Hall–Kier alpha value is -1.58. The molecule has 3 rings (SSSR count). The van der Waals surface area contributed by atoms with Gasteiger partial charge in [0.15, 0.2) is 0 Å². The number of rotatable bonds is 3. The van der Waals surface area contributed by atoms with Crippen LogP contribution in [-0.2, 0) is 0 Å². The van der Waals surface area contributed by atoms with Crippen LogP contribution in [0.2, 0.25) is 10.0 Å². The van der Waals surface area contributed by atoms with Gasteiger partial charge in [-0.1, -0.05) is 29.3 Å². The summed E-state index contributed by atoms with van der Waals surface area (Å²) in [4.78, 5) is 0. The maximum absolute atomic E-state index is 6.24. The smallest absolute Gasteiger partial charge is 0.142 e. The van der Waals surface area contributed by atoms with Crippen LogP contribution in [0.1, 0.15) is 18.5 Å². The fraction of sp³-hybridized carbons (Fsp3) is 0.250. The predicted molar refractivity (Wildman–Crippen MR) is 85.9 cm³/mol. The normalized spacial score (nSPS) is 16.6. The first-order valence-electron chi connectivity index (χ1n) is 6.78. The summed E-state index contributed by atoms with van der Waals surface area (Å²) < 4.78 is 11.2. The van der Waals surface area contributed by atoms with Gasteiger partial charge in [0.05, 0.1) is 23.4 Å². The van der Waals surface area contributed by atoms with E-state index < -0.39 is 0 Å². The van der Waals surface area contributed by atoms with Crippen molar-refractivity contribution in [3.8, 4) is 11.5 Å². The molecule has 2 aromatic rings. The minimum atomic E-state index is 0.0316. The van der Waals surface area contributed by atoms with Crippen LogP contribution >= 0.6 is 23.2 Å². The van der Waals surface area contributed by atoms with Crippen molar-refractivity contribution in [2.75, 3.05) is 18.5 Å². The van der Waals surface area contributed by atoms with Crippen LogP contribution in [0, 0.1) is 0 Å². The van der Waals surface area contributed by atoms with E-state index in [1.165, 1.54) is 0 Å². The number of halogens is 2. The molecule has 110 valence electrons. The number of anilines is 1. The zero-order chi connectivity index (χ0) is 14.8. The predicted octanol–water partition coefficient (Wildman–Crippen LogP) is 4.94. The molecule has 0 fully saturated rings. The van der Waals surface area contributed by atoms with Gasteiger partial charge in [-0.15, -0.1) is 0 Å². The summed E-state index contributed by atoms with van der Waals surface area (Å²) in [6, 6.07) is 11.4. The average molecular weight is 324 g/mol. The first-order valence-corrected chi connectivity index (χ1v) is 7.54. The molecule has 1 heterocycles. The average Bonchev–Trinajstić information content (AvgIpc) is 2.48. The van der Waals surface area contributed by atoms with Crippen molar-refractivity contribution >= 4 is 28.9 Å². The minimum absolute atomic E-state index is 0.0316. The first-order chi connectivity index (χ1) is 10.2. The lowest BCUT2D eigenvalue weighted by Crippen LogP contribution is -2.23. The Morgan fingerprint density at radius 3 is 2.86 bits per heavy atom. The first kappa shape index (κ1) is 14.4. The van der Waals surface area contributed by atoms with Crippen molar-refractivity contribution in [2.45, 2.75) is 13.0 Å². The number of hydrogen-bond donors (Lipinski definition) is 1. The van der Waals surface area contributed by atoms with E-state index in [4.69, 9.17) is 32.7 Å². The standard InChI is InChI=1S/C16H15Cl2NO2/c1-2-20-15-5-3-10(7-12(15)18)14-9-21-16-6-4-11(17)8-13(16)19-14/h3-8,14,19H,2,9H2,1H3. The van der Waals surface area contributed by atoms with E-state index in [2.05, 4.69) is 5.32 Å². The molecule has 1 N–H and O–H groups in total. The SMILES string of the molecule is CCOc1ccc(C2COc3ccc(Cl)cc3N2)cc1Cl. The molecule has 1 aliphatic rings. The molecule has 0 saturated heterocycles. The summed E-state index contributed by atoms with van der Waals surface area (Å²) >= 11 is 12.3. The van der Waals surface area contributed by atoms with Crippen molar-refractivity contribution in [1.29, 1.82) is 0 Å². The van der Waals surface area contributed by atoms with Crippen LogP contribution < -0.4 is 14.8 Å². The number of benzene rings is 2. The van der Waals surface area contributed by atoms with Gasteiger partial charge in [-0.2, -0.15) is 0 Å². The zero-order valence-electron chi connectivity index (χ0n) is 11.5. The minimum Gasteiger partial charge on any atom is -0.492 e. The zero-order valence-corrected chi connectivity index (χ0v) is 13.0. The van der Waals surface area contributed by atoms with E-state index in [1.807, 2.05) is 43.3 Å². The highest BCUT2D eigenvalue weighted by Gasteiger charge is 2.21. The number of ether oxygens (including phenoxy) is 2. The lowest BCUT2D eigenvalue weighted by atomic mass is 10.1. The van der Waals surface area contributed by atoms with Crippen LogP contribution in [0.25, 0.3) is 0 Å². The summed E-state index contributed by atoms with van der Waals surface area (Å²) in [7, 11) is 0. The molecule has 1 aliphatic heterocycles. The van der Waals surface area contributed by atoms with Gasteiger partial charge in [0.2, 0.25) is 0 Å². The molecular formula is C16H15Cl2NO2. The van der Waals surface area contributed by atoms with E-state index >= 15 is 0 Å². The van der Waals surface area contributed by atoms with Gasteiger partial charge >= 0.3 is 0 Å². The lowest BCUT2D eigenvalue weighted by molar-refractivity contribution is 0.286. The maximum atomic E-state index is 6.24. The number of nitrogens with one attached hydrogen (secondary N) is 1. The third-order valence-electron chi connectivity index (χ3n) is 3.33. The Morgan fingerprint density at radius 1 is 1.24 bits per heavy atom. The van der Waals surface area contributed by atoms with Crippen LogP contribution in [0.5, 0.6) is 11.5 Å². The van der Waals surface area contributed by atoms with Crippen molar-refractivity contribution in [2.24, 2.45) is 0 Å². The fourth-order valence-electron chi connectivity index (χ4n) is 2.33. The topological polar surface area (TPSA) is 30.5 Å². The molecule has 21 heavy (non-hydrogen) atoms. The van der Waals surface area contributed by atoms with Gasteiger partial charge in [-0.25, -0.2) is 0 Å². The molecule has 0 saturated carbocycles. The monoisotopic (exact) mass is 323 g/mol. The molecule has 0 aliphatic carbocycles. The van der Waals surface area contributed by atoms with Gasteiger partial charge in [0.25, 0.3) is 0 Å². The summed E-state index contributed by atoms with van der Waals surface area (Å²) in [6.07, 6.45) is 0. The third-order valence-corrected chi connectivity index (χ3v) is 3.87. The van der Waals surface area contributed by atoms with Crippen LogP contribution in [0.15, 0.2) is 36.4 Å². The highest BCUT2D eigenvalue weighted by molar-refractivity contribution is 6.32. The van der Waals surface area contributed by atoms with Crippen molar-refractivity contribution in [3.05, 3.63) is 52.0 Å². The van der Waals surface area contributed by atoms with Crippen LogP contribution in [-0.4, -0.2) is 13.2 Å². The fourth-order valence-corrected chi connectivity index (χ4v) is 2.74. The molecule has 0 bridgehead atoms. The molecule has 0 aromatic heterocycles.